The molecule has 0 aliphatic carbocycles. The third-order valence-electron chi connectivity index (χ3n) is 3.79. The molecule has 20 heavy (non-hydrogen) atoms. The van der Waals surface area contributed by atoms with Crippen LogP contribution < -0.4 is 0 Å². The molecule has 1 aromatic rings. The lowest BCUT2D eigenvalue weighted by Crippen LogP contribution is -2.44. The summed E-state index contributed by atoms with van der Waals surface area (Å²) in [5, 5.41) is 13.0. The van der Waals surface area contributed by atoms with Crippen LogP contribution in [0, 0.1) is 5.92 Å². The van der Waals surface area contributed by atoms with Crippen LogP contribution in [0.1, 0.15) is 25.3 Å². The number of benzene rings is 1. The predicted octanol–water partition coefficient (Wildman–Crippen LogP) is 2.97. The maximum atomic E-state index is 12.3. The molecule has 0 radical (unpaired) electrons. The first kappa shape index (κ1) is 14.9. The number of carbonyl (C=O) groups is 1. The van der Waals surface area contributed by atoms with Crippen molar-refractivity contribution >= 4 is 23.2 Å². The van der Waals surface area contributed by atoms with Crippen LogP contribution in [0.3, 0.4) is 0 Å². The lowest BCUT2D eigenvalue weighted by atomic mass is 9.93. The lowest BCUT2D eigenvalue weighted by Gasteiger charge is -2.33. The molecule has 1 saturated heterocycles. The zero-order valence-corrected chi connectivity index (χ0v) is 12.3. The summed E-state index contributed by atoms with van der Waals surface area (Å²) in [5.41, 5.74) is 1.78. The predicted molar refractivity (Wildman–Crippen MR) is 79.4 cm³/mol. The quantitative estimate of drug-likeness (QED) is 0.688. The Balaban J connectivity index is 1.98. The Hall–Kier alpha value is -1.55. The van der Waals surface area contributed by atoms with Crippen molar-refractivity contribution in [3.63, 3.8) is 0 Å². The van der Waals surface area contributed by atoms with Crippen molar-refractivity contribution in [2.45, 2.75) is 26.2 Å². The lowest BCUT2D eigenvalue weighted by molar-refractivity contribution is -0.131. The Morgan fingerprint density at radius 2 is 2.15 bits per heavy atom. The fraction of sp³-hybridized carbons (Fsp3) is 0.467. The van der Waals surface area contributed by atoms with Crippen LogP contribution in [-0.4, -0.2) is 34.8 Å². The Labute approximate surface area is 124 Å². The Kier molecular flexibility index (Phi) is 5.01. The van der Waals surface area contributed by atoms with Gasteiger partial charge in [0.2, 0.25) is 5.91 Å². The molecule has 0 bridgehead atoms. The molecule has 1 aliphatic heterocycles. The van der Waals surface area contributed by atoms with Crippen LogP contribution >= 0.6 is 11.6 Å². The monoisotopic (exact) mass is 294 g/mol. The van der Waals surface area contributed by atoms with Crippen molar-refractivity contribution in [3.05, 3.63) is 34.9 Å². The average Bonchev–Trinajstić information content (AvgIpc) is 2.48. The number of amides is 1. The molecule has 1 N–H and O–H groups in total. The first-order chi connectivity index (χ1) is 9.63. The molecule has 1 fully saturated rings. The summed E-state index contributed by atoms with van der Waals surface area (Å²) in [7, 11) is 0. The topological polar surface area (TPSA) is 52.9 Å². The van der Waals surface area contributed by atoms with Gasteiger partial charge < -0.3 is 10.1 Å². The zero-order chi connectivity index (χ0) is 14.5. The molecule has 1 heterocycles. The van der Waals surface area contributed by atoms with Crippen molar-refractivity contribution in [2.75, 3.05) is 13.1 Å². The Morgan fingerprint density at radius 1 is 1.45 bits per heavy atom. The number of rotatable bonds is 3. The van der Waals surface area contributed by atoms with E-state index in [1.807, 2.05) is 24.0 Å². The van der Waals surface area contributed by atoms with Crippen molar-refractivity contribution in [3.8, 4) is 0 Å². The highest BCUT2D eigenvalue weighted by molar-refractivity contribution is 6.30. The van der Waals surface area contributed by atoms with E-state index in [0.717, 1.165) is 17.7 Å². The van der Waals surface area contributed by atoms with Crippen LogP contribution in [0.15, 0.2) is 29.4 Å². The second kappa shape index (κ2) is 6.75. The first-order valence-corrected chi connectivity index (χ1v) is 7.25. The summed E-state index contributed by atoms with van der Waals surface area (Å²) in [5.74, 6) is 0.283. The van der Waals surface area contributed by atoms with Crippen LogP contribution in [0.2, 0.25) is 5.02 Å². The molecule has 1 aliphatic rings. The second-order valence-electron chi connectivity index (χ2n) is 5.09. The maximum absolute atomic E-state index is 12.3. The first-order valence-electron chi connectivity index (χ1n) is 6.87. The van der Waals surface area contributed by atoms with E-state index in [0.29, 0.717) is 31.0 Å². The number of halogens is 1. The summed E-state index contributed by atoms with van der Waals surface area (Å²) in [6.07, 6.45) is 1.92. The zero-order valence-electron chi connectivity index (χ0n) is 11.6. The van der Waals surface area contributed by atoms with E-state index in [1.54, 1.807) is 12.1 Å². The SMILES string of the molecule is CCC1CN(C(=O)Cc2ccc(Cl)cc2)CC/C1=N\O. The Bertz CT molecular complexity index is 499. The van der Waals surface area contributed by atoms with Gasteiger partial charge in [0.05, 0.1) is 12.1 Å². The molecule has 1 unspecified atom stereocenters. The molecule has 0 aromatic heterocycles. The van der Waals surface area contributed by atoms with Gasteiger partial charge in [-0.15, -0.1) is 0 Å². The van der Waals surface area contributed by atoms with E-state index in [4.69, 9.17) is 16.8 Å². The van der Waals surface area contributed by atoms with Crippen molar-refractivity contribution in [1.82, 2.24) is 4.90 Å². The van der Waals surface area contributed by atoms with Crippen LogP contribution in [0.4, 0.5) is 0 Å². The van der Waals surface area contributed by atoms with Crippen LogP contribution in [-0.2, 0) is 11.2 Å². The van der Waals surface area contributed by atoms with E-state index >= 15 is 0 Å². The minimum absolute atomic E-state index is 0.114. The van der Waals surface area contributed by atoms with Gasteiger partial charge >= 0.3 is 0 Å². The van der Waals surface area contributed by atoms with Crippen LogP contribution in [0.5, 0.6) is 0 Å². The van der Waals surface area contributed by atoms with Gasteiger partial charge in [-0.25, -0.2) is 0 Å². The molecular formula is C15H19ClN2O2. The maximum Gasteiger partial charge on any atom is 0.227 e. The number of carbonyl (C=O) groups excluding carboxylic acids is 1. The fourth-order valence-electron chi connectivity index (χ4n) is 2.53. The summed E-state index contributed by atoms with van der Waals surface area (Å²) >= 11 is 5.83. The van der Waals surface area contributed by atoms with Gasteiger partial charge in [-0.1, -0.05) is 35.8 Å². The summed E-state index contributed by atoms with van der Waals surface area (Å²) < 4.78 is 0. The normalized spacial score (nSPS) is 21.2. The van der Waals surface area contributed by atoms with Crippen molar-refractivity contribution in [2.24, 2.45) is 11.1 Å². The van der Waals surface area contributed by atoms with E-state index in [2.05, 4.69) is 5.16 Å². The molecule has 5 heteroatoms. The van der Waals surface area contributed by atoms with E-state index in [-0.39, 0.29) is 11.8 Å². The van der Waals surface area contributed by atoms with E-state index in [1.165, 1.54) is 0 Å². The van der Waals surface area contributed by atoms with Gasteiger partial charge in [0.1, 0.15) is 0 Å². The second-order valence-corrected chi connectivity index (χ2v) is 5.53. The van der Waals surface area contributed by atoms with Gasteiger partial charge in [0.25, 0.3) is 0 Å². The summed E-state index contributed by atoms with van der Waals surface area (Å²) in [6.45, 7) is 3.31. The minimum atomic E-state index is 0.114. The molecule has 0 spiro atoms. The number of piperidine rings is 1. The molecule has 4 nitrogen and oxygen atoms in total. The molecule has 1 amide bonds. The fourth-order valence-corrected chi connectivity index (χ4v) is 2.65. The minimum Gasteiger partial charge on any atom is -0.411 e. The molecule has 2 rings (SSSR count). The van der Waals surface area contributed by atoms with Crippen LogP contribution in [0.25, 0.3) is 0 Å². The third kappa shape index (κ3) is 3.51. The third-order valence-corrected chi connectivity index (χ3v) is 4.04. The number of hydrogen-bond donors (Lipinski definition) is 1. The standard InChI is InChI=1S/C15H19ClN2O2/c1-2-12-10-18(8-7-14(12)17-20)15(19)9-11-3-5-13(16)6-4-11/h3-6,12,20H,2,7-10H2,1H3/b17-14+. The molecule has 1 aromatic carbocycles. The highest BCUT2D eigenvalue weighted by atomic mass is 35.5. The average molecular weight is 295 g/mol. The Morgan fingerprint density at radius 3 is 2.75 bits per heavy atom. The molecule has 0 saturated carbocycles. The van der Waals surface area contributed by atoms with E-state index < -0.39 is 0 Å². The summed E-state index contributed by atoms with van der Waals surface area (Å²) in [4.78, 5) is 14.2. The van der Waals surface area contributed by atoms with Gasteiger partial charge in [-0.3, -0.25) is 4.79 Å². The van der Waals surface area contributed by atoms with E-state index in [9.17, 15) is 4.79 Å². The number of nitrogens with zero attached hydrogens (tertiary/aromatic N) is 2. The number of hydrogen-bond acceptors (Lipinski definition) is 3. The van der Waals surface area contributed by atoms with Crippen molar-refractivity contribution < 1.29 is 10.0 Å². The summed E-state index contributed by atoms with van der Waals surface area (Å²) in [6, 6.07) is 7.35. The number of likely N-dealkylation sites (tertiary alicyclic amines) is 1. The highest BCUT2D eigenvalue weighted by Crippen LogP contribution is 2.19. The van der Waals surface area contributed by atoms with Gasteiger partial charge in [-0.2, -0.15) is 0 Å². The van der Waals surface area contributed by atoms with Gasteiger partial charge in [0, 0.05) is 30.5 Å². The number of oxime groups is 1. The molecule has 108 valence electrons. The van der Waals surface area contributed by atoms with Gasteiger partial charge in [0.15, 0.2) is 0 Å². The molecular weight excluding hydrogens is 276 g/mol. The molecule has 1 atom stereocenters. The highest BCUT2D eigenvalue weighted by Gasteiger charge is 2.27. The van der Waals surface area contributed by atoms with Crippen molar-refractivity contribution in [1.29, 1.82) is 0 Å². The largest absolute Gasteiger partial charge is 0.411 e. The van der Waals surface area contributed by atoms with Gasteiger partial charge in [-0.05, 0) is 24.1 Å². The smallest absolute Gasteiger partial charge is 0.227 e.